The predicted octanol–water partition coefficient (Wildman–Crippen LogP) is 2.93. The first-order valence-electron chi connectivity index (χ1n) is 6.52. The molecule has 104 valence electrons. The third-order valence-electron chi connectivity index (χ3n) is 3.58. The second kappa shape index (κ2) is 6.01. The summed E-state index contributed by atoms with van der Waals surface area (Å²) in [5.41, 5.74) is 6.47. The first-order valence-corrected chi connectivity index (χ1v) is 7.31. The summed E-state index contributed by atoms with van der Waals surface area (Å²) in [5.74, 6) is -0.429. The van der Waals surface area contributed by atoms with E-state index in [1.54, 1.807) is 0 Å². The predicted molar refractivity (Wildman–Crippen MR) is 76.4 cm³/mol. The smallest absolute Gasteiger partial charge is 0.254 e. The third kappa shape index (κ3) is 3.15. The molecule has 0 spiro atoms. The Balaban J connectivity index is 2.23. The topological polar surface area (TPSA) is 46.3 Å². The van der Waals surface area contributed by atoms with E-state index in [1.807, 2.05) is 11.8 Å². The number of benzene rings is 1. The van der Waals surface area contributed by atoms with Crippen LogP contribution in [0.2, 0.25) is 0 Å². The van der Waals surface area contributed by atoms with Crippen LogP contribution in [0.4, 0.5) is 4.39 Å². The van der Waals surface area contributed by atoms with Gasteiger partial charge >= 0.3 is 0 Å². The lowest BCUT2D eigenvalue weighted by Crippen LogP contribution is -2.51. The number of rotatable bonds is 2. The number of nitrogens with two attached hydrogens (primary N) is 1. The number of likely N-dealkylation sites (tertiary alicyclic amines) is 1. The Morgan fingerprint density at radius 1 is 1.53 bits per heavy atom. The summed E-state index contributed by atoms with van der Waals surface area (Å²) in [5, 5.41) is 0. The van der Waals surface area contributed by atoms with Gasteiger partial charge in [-0.1, -0.05) is 0 Å². The highest BCUT2D eigenvalue weighted by Gasteiger charge is 2.29. The second-order valence-corrected chi connectivity index (χ2v) is 5.90. The standard InChI is InChI=1S/C14H18BrFN2O/c1-9(17)13-4-2-3-7-18(13)14(19)10-5-6-12(16)11(15)8-10/h5-6,8-9,13H,2-4,7,17H2,1H3. The van der Waals surface area contributed by atoms with E-state index in [0.29, 0.717) is 10.0 Å². The maximum absolute atomic E-state index is 13.2. The lowest BCUT2D eigenvalue weighted by molar-refractivity contribution is 0.0583. The van der Waals surface area contributed by atoms with Crippen LogP contribution in [0.5, 0.6) is 0 Å². The zero-order valence-electron chi connectivity index (χ0n) is 10.9. The fraction of sp³-hybridized carbons (Fsp3) is 0.500. The molecule has 3 nitrogen and oxygen atoms in total. The number of carbonyl (C=O) groups excluding carboxylic acids is 1. The molecule has 1 aliphatic rings. The Morgan fingerprint density at radius 3 is 2.89 bits per heavy atom. The number of carbonyl (C=O) groups is 1. The summed E-state index contributed by atoms with van der Waals surface area (Å²) in [7, 11) is 0. The lowest BCUT2D eigenvalue weighted by atomic mass is 9.96. The zero-order chi connectivity index (χ0) is 14.0. The Bertz CT molecular complexity index is 479. The fourth-order valence-corrected chi connectivity index (χ4v) is 2.93. The maximum atomic E-state index is 13.2. The van der Waals surface area contributed by atoms with Gasteiger partial charge in [0.05, 0.1) is 4.47 Å². The summed E-state index contributed by atoms with van der Waals surface area (Å²) in [6.07, 6.45) is 3.03. The van der Waals surface area contributed by atoms with Gasteiger partial charge in [0, 0.05) is 24.2 Å². The molecule has 5 heteroatoms. The molecule has 0 radical (unpaired) electrons. The van der Waals surface area contributed by atoms with E-state index in [2.05, 4.69) is 15.9 Å². The summed E-state index contributed by atoms with van der Waals surface area (Å²) in [4.78, 5) is 14.3. The van der Waals surface area contributed by atoms with Crippen molar-refractivity contribution in [1.82, 2.24) is 4.90 Å². The molecular formula is C14H18BrFN2O. The van der Waals surface area contributed by atoms with Crippen molar-refractivity contribution in [3.05, 3.63) is 34.1 Å². The van der Waals surface area contributed by atoms with Gasteiger partial charge in [-0.15, -0.1) is 0 Å². The van der Waals surface area contributed by atoms with Crippen LogP contribution in [0.1, 0.15) is 36.5 Å². The molecule has 0 saturated carbocycles. The van der Waals surface area contributed by atoms with Gasteiger partial charge in [-0.25, -0.2) is 4.39 Å². The number of hydrogen-bond donors (Lipinski definition) is 1. The van der Waals surface area contributed by atoms with E-state index in [4.69, 9.17) is 5.73 Å². The van der Waals surface area contributed by atoms with Gasteiger partial charge in [0.25, 0.3) is 5.91 Å². The van der Waals surface area contributed by atoms with E-state index in [1.165, 1.54) is 18.2 Å². The Hall–Kier alpha value is -0.940. The number of amides is 1. The Labute approximate surface area is 121 Å². The largest absolute Gasteiger partial charge is 0.334 e. The van der Waals surface area contributed by atoms with Crippen molar-refractivity contribution in [1.29, 1.82) is 0 Å². The lowest BCUT2D eigenvalue weighted by Gasteiger charge is -2.38. The molecule has 1 heterocycles. The van der Waals surface area contributed by atoms with Crippen LogP contribution in [-0.4, -0.2) is 29.4 Å². The van der Waals surface area contributed by atoms with Crippen LogP contribution in [0.25, 0.3) is 0 Å². The van der Waals surface area contributed by atoms with Gasteiger partial charge in [0.15, 0.2) is 0 Å². The Morgan fingerprint density at radius 2 is 2.26 bits per heavy atom. The monoisotopic (exact) mass is 328 g/mol. The molecule has 2 N–H and O–H groups in total. The number of halogens is 2. The van der Waals surface area contributed by atoms with Gasteiger partial charge in [-0.05, 0) is 60.3 Å². The summed E-state index contributed by atoms with van der Waals surface area (Å²) < 4.78 is 13.5. The third-order valence-corrected chi connectivity index (χ3v) is 4.19. The SMILES string of the molecule is CC(N)C1CCCCN1C(=O)c1ccc(F)c(Br)c1. The van der Waals surface area contributed by atoms with E-state index in [0.717, 1.165) is 25.8 Å². The van der Waals surface area contributed by atoms with Crippen molar-refractivity contribution in [2.45, 2.75) is 38.3 Å². The molecule has 0 bridgehead atoms. The molecule has 1 amide bonds. The van der Waals surface area contributed by atoms with Crippen LogP contribution in [0, 0.1) is 5.82 Å². The molecule has 1 aromatic carbocycles. The van der Waals surface area contributed by atoms with Crippen molar-refractivity contribution in [2.75, 3.05) is 6.54 Å². The van der Waals surface area contributed by atoms with Crippen LogP contribution < -0.4 is 5.73 Å². The zero-order valence-corrected chi connectivity index (χ0v) is 12.5. The molecule has 0 aromatic heterocycles. The van der Waals surface area contributed by atoms with Crippen molar-refractivity contribution in [3.8, 4) is 0 Å². The van der Waals surface area contributed by atoms with Crippen molar-refractivity contribution >= 4 is 21.8 Å². The molecule has 1 aliphatic heterocycles. The van der Waals surface area contributed by atoms with Crippen LogP contribution in [-0.2, 0) is 0 Å². The highest BCUT2D eigenvalue weighted by Crippen LogP contribution is 2.23. The minimum Gasteiger partial charge on any atom is -0.334 e. The molecule has 19 heavy (non-hydrogen) atoms. The minimum atomic E-state index is -0.362. The van der Waals surface area contributed by atoms with Gasteiger partial charge in [-0.2, -0.15) is 0 Å². The molecule has 1 saturated heterocycles. The molecule has 1 fully saturated rings. The fourth-order valence-electron chi connectivity index (χ4n) is 2.55. The van der Waals surface area contributed by atoms with Crippen molar-refractivity contribution in [3.63, 3.8) is 0 Å². The molecule has 0 aliphatic carbocycles. The minimum absolute atomic E-state index is 0.0480. The van der Waals surface area contributed by atoms with Gasteiger partial charge in [0.2, 0.25) is 0 Å². The highest BCUT2D eigenvalue weighted by molar-refractivity contribution is 9.10. The molecule has 2 rings (SSSR count). The highest BCUT2D eigenvalue weighted by atomic mass is 79.9. The molecular weight excluding hydrogens is 311 g/mol. The number of piperidine rings is 1. The summed E-state index contributed by atoms with van der Waals surface area (Å²) >= 11 is 3.11. The van der Waals surface area contributed by atoms with Gasteiger partial charge in [0.1, 0.15) is 5.82 Å². The van der Waals surface area contributed by atoms with Crippen molar-refractivity contribution in [2.24, 2.45) is 5.73 Å². The first kappa shape index (κ1) is 14.5. The van der Waals surface area contributed by atoms with Crippen LogP contribution >= 0.6 is 15.9 Å². The number of nitrogens with zero attached hydrogens (tertiary/aromatic N) is 1. The second-order valence-electron chi connectivity index (χ2n) is 5.05. The van der Waals surface area contributed by atoms with Crippen LogP contribution in [0.15, 0.2) is 22.7 Å². The van der Waals surface area contributed by atoms with E-state index in [9.17, 15) is 9.18 Å². The first-order chi connectivity index (χ1) is 9.00. The Kier molecular flexibility index (Phi) is 4.58. The van der Waals surface area contributed by atoms with E-state index in [-0.39, 0.29) is 23.8 Å². The average Bonchev–Trinajstić information content (AvgIpc) is 2.41. The summed E-state index contributed by atoms with van der Waals surface area (Å²) in [6, 6.07) is 4.39. The summed E-state index contributed by atoms with van der Waals surface area (Å²) in [6.45, 7) is 2.65. The molecule has 2 unspecified atom stereocenters. The molecule has 1 aromatic rings. The van der Waals surface area contributed by atoms with E-state index < -0.39 is 0 Å². The van der Waals surface area contributed by atoms with Crippen LogP contribution in [0.3, 0.4) is 0 Å². The quantitative estimate of drug-likeness (QED) is 0.907. The average molecular weight is 329 g/mol. The van der Waals surface area contributed by atoms with E-state index >= 15 is 0 Å². The number of hydrogen-bond acceptors (Lipinski definition) is 2. The van der Waals surface area contributed by atoms with Crippen molar-refractivity contribution < 1.29 is 9.18 Å². The van der Waals surface area contributed by atoms with Gasteiger partial charge in [-0.3, -0.25) is 4.79 Å². The molecule has 2 atom stereocenters. The normalized spacial score (nSPS) is 21.3. The maximum Gasteiger partial charge on any atom is 0.254 e. The van der Waals surface area contributed by atoms with Gasteiger partial charge < -0.3 is 10.6 Å².